The van der Waals surface area contributed by atoms with E-state index in [1.54, 1.807) is 48.5 Å². The van der Waals surface area contributed by atoms with Crippen molar-refractivity contribution in [2.45, 2.75) is 4.90 Å². The predicted octanol–water partition coefficient (Wildman–Crippen LogP) is 3.72. The first-order valence-corrected chi connectivity index (χ1v) is 13.5. The number of hydrazone groups is 1. The number of nitrogens with two attached hydrogens (primary N) is 1. The Balaban J connectivity index is 1.49. The molecule has 0 saturated carbocycles. The van der Waals surface area contributed by atoms with Gasteiger partial charge in [0.1, 0.15) is 11.3 Å². The summed E-state index contributed by atoms with van der Waals surface area (Å²) in [7, 11) is -2.37. The highest BCUT2D eigenvalue weighted by molar-refractivity contribution is 7.89. The molecule has 0 fully saturated rings. The Morgan fingerprint density at radius 3 is 2.58 bits per heavy atom. The van der Waals surface area contributed by atoms with Gasteiger partial charge >= 0.3 is 5.63 Å². The number of methoxy groups -OCH3 is 1. The number of ether oxygens (including phenoxy) is 1. The third-order valence-electron chi connectivity index (χ3n) is 5.86. The zero-order valence-electron chi connectivity index (χ0n) is 20.7. The predicted molar refractivity (Wildman–Crippen MR) is 149 cm³/mol. The second kappa shape index (κ2) is 10.8. The number of benzene rings is 3. The van der Waals surface area contributed by atoms with E-state index in [9.17, 15) is 18.0 Å². The molecule has 0 spiro atoms. The van der Waals surface area contributed by atoms with Crippen LogP contribution in [0.4, 0.5) is 0 Å². The number of fused-ring (bicyclic) bond motifs is 1. The van der Waals surface area contributed by atoms with E-state index in [1.807, 2.05) is 0 Å². The second-order valence-corrected chi connectivity index (χ2v) is 10.3. The Labute approximate surface area is 232 Å². The van der Waals surface area contributed by atoms with Gasteiger partial charge in [-0.1, -0.05) is 35.9 Å². The molecule has 2 aromatic heterocycles. The quantitative estimate of drug-likeness (QED) is 0.169. The minimum atomic E-state index is -3.90. The summed E-state index contributed by atoms with van der Waals surface area (Å²) >= 11 is 6.37. The number of halogens is 1. The third kappa shape index (κ3) is 5.36. The Morgan fingerprint density at radius 2 is 1.85 bits per heavy atom. The lowest BCUT2D eigenvalue weighted by molar-refractivity contribution is 0.0949. The van der Waals surface area contributed by atoms with Crippen LogP contribution in [-0.4, -0.2) is 37.4 Å². The van der Waals surface area contributed by atoms with Gasteiger partial charge in [-0.3, -0.25) is 4.79 Å². The zero-order chi connectivity index (χ0) is 28.4. The first kappa shape index (κ1) is 26.8. The minimum absolute atomic E-state index is 0.0119. The normalized spacial score (nSPS) is 11.7. The van der Waals surface area contributed by atoms with Crippen molar-refractivity contribution < 1.29 is 22.4 Å². The maximum atomic E-state index is 13.0. The largest absolute Gasteiger partial charge is 0.497 e. The number of primary sulfonamides is 1. The maximum absolute atomic E-state index is 13.0. The van der Waals surface area contributed by atoms with Crippen LogP contribution in [-0.2, 0) is 10.0 Å². The highest BCUT2D eigenvalue weighted by Crippen LogP contribution is 2.28. The molecule has 0 radical (unpaired) electrons. The third-order valence-corrected chi connectivity index (χ3v) is 7.20. The van der Waals surface area contributed by atoms with Crippen LogP contribution >= 0.6 is 11.6 Å². The highest BCUT2D eigenvalue weighted by atomic mass is 35.5. The van der Waals surface area contributed by atoms with Crippen molar-refractivity contribution in [2.75, 3.05) is 7.11 Å². The number of para-hydroxylation sites is 1. The number of nitrogens with one attached hydrogen (secondary N) is 1. The summed E-state index contributed by atoms with van der Waals surface area (Å²) in [5.74, 6) is -0.0990. The van der Waals surface area contributed by atoms with E-state index in [0.29, 0.717) is 33.7 Å². The van der Waals surface area contributed by atoms with Crippen LogP contribution in [0.3, 0.4) is 0 Å². The maximum Gasteiger partial charge on any atom is 0.346 e. The van der Waals surface area contributed by atoms with E-state index < -0.39 is 21.6 Å². The minimum Gasteiger partial charge on any atom is -0.497 e. The van der Waals surface area contributed by atoms with Gasteiger partial charge in [0, 0.05) is 10.9 Å². The van der Waals surface area contributed by atoms with Gasteiger partial charge in [-0.05, 0) is 54.6 Å². The van der Waals surface area contributed by atoms with Crippen LogP contribution < -0.4 is 20.9 Å². The fraction of sp³-hybridized carbons (Fsp3) is 0.0370. The molecule has 3 aromatic carbocycles. The van der Waals surface area contributed by atoms with Gasteiger partial charge in [0.15, 0.2) is 5.69 Å². The molecule has 11 nitrogen and oxygen atoms in total. The number of rotatable bonds is 7. The standard InChI is InChI=1S/C27H20ClN5O6S/c1-38-18-6-4-5-16(13-18)23-14-22(32-33(23)17-9-11-19(12-10-17)40(29,36)37)26(34)31-30-15-21-25(28)20-7-2-3-8-24(20)39-27(21)35/h2-15H,1H3,(H,31,34)(H2,29,36,37)/b30-15+. The number of hydrogen-bond acceptors (Lipinski definition) is 8. The van der Waals surface area contributed by atoms with Gasteiger partial charge in [0.25, 0.3) is 5.91 Å². The number of carbonyl (C=O) groups is 1. The summed E-state index contributed by atoms with van der Waals surface area (Å²) in [6.07, 6.45) is 1.10. The topological polar surface area (TPSA) is 159 Å². The summed E-state index contributed by atoms with van der Waals surface area (Å²) in [6.45, 7) is 0. The molecule has 0 aliphatic rings. The zero-order valence-corrected chi connectivity index (χ0v) is 22.3. The van der Waals surface area contributed by atoms with Crippen LogP contribution in [0.2, 0.25) is 5.02 Å². The van der Waals surface area contributed by atoms with Crippen molar-refractivity contribution in [1.29, 1.82) is 0 Å². The second-order valence-electron chi connectivity index (χ2n) is 8.41. The fourth-order valence-electron chi connectivity index (χ4n) is 3.90. The lowest BCUT2D eigenvalue weighted by Crippen LogP contribution is -2.19. The average Bonchev–Trinajstić information content (AvgIpc) is 3.40. The van der Waals surface area contributed by atoms with E-state index in [-0.39, 0.29) is 21.2 Å². The lowest BCUT2D eigenvalue weighted by atomic mass is 10.1. The van der Waals surface area contributed by atoms with Crippen molar-refractivity contribution in [2.24, 2.45) is 10.2 Å². The van der Waals surface area contributed by atoms with Gasteiger partial charge in [0.2, 0.25) is 10.0 Å². The summed E-state index contributed by atoms with van der Waals surface area (Å²) in [6, 6.07) is 21.1. The van der Waals surface area contributed by atoms with Crippen molar-refractivity contribution in [3.63, 3.8) is 0 Å². The van der Waals surface area contributed by atoms with Crippen LogP contribution in [0, 0.1) is 0 Å². The number of sulfonamides is 1. The molecule has 0 aliphatic heterocycles. The summed E-state index contributed by atoms with van der Waals surface area (Å²) in [5, 5.41) is 14.2. The SMILES string of the molecule is COc1cccc(-c2cc(C(=O)N/N=C/c3c(Cl)c4ccccc4oc3=O)nn2-c2ccc(S(N)(=O)=O)cc2)c1. The van der Waals surface area contributed by atoms with E-state index in [0.717, 1.165) is 6.21 Å². The summed E-state index contributed by atoms with van der Waals surface area (Å²) in [4.78, 5) is 25.3. The Kier molecular flexibility index (Phi) is 7.22. The smallest absolute Gasteiger partial charge is 0.346 e. The van der Waals surface area contributed by atoms with E-state index in [1.165, 1.54) is 42.1 Å². The molecule has 5 aromatic rings. The highest BCUT2D eigenvalue weighted by Gasteiger charge is 2.18. The first-order chi connectivity index (χ1) is 19.2. The monoisotopic (exact) mass is 577 g/mol. The number of carbonyl (C=O) groups excluding carboxylic acids is 1. The lowest BCUT2D eigenvalue weighted by Gasteiger charge is -2.09. The van der Waals surface area contributed by atoms with Crippen molar-refractivity contribution >= 4 is 44.7 Å². The summed E-state index contributed by atoms with van der Waals surface area (Å²) in [5.41, 5.74) is 3.56. The van der Waals surface area contributed by atoms with Crippen LogP contribution in [0.5, 0.6) is 5.75 Å². The number of amides is 1. The van der Waals surface area contributed by atoms with Crippen molar-refractivity contribution in [1.82, 2.24) is 15.2 Å². The van der Waals surface area contributed by atoms with Gasteiger partial charge in [-0.2, -0.15) is 10.2 Å². The molecule has 40 heavy (non-hydrogen) atoms. The molecule has 3 N–H and O–H groups in total. The Morgan fingerprint density at radius 1 is 1.10 bits per heavy atom. The molecular weight excluding hydrogens is 558 g/mol. The Hall–Kier alpha value is -4.78. The number of nitrogens with zero attached hydrogens (tertiary/aromatic N) is 3. The van der Waals surface area contributed by atoms with Crippen LogP contribution in [0.1, 0.15) is 16.1 Å². The molecular formula is C27H20ClN5O6S. The van der Waals surface area contributed by atoms with Crippen molar-refractivity contribution in [3.8, 4) is 22.7 Å². The van der Waals surface area contributed by atoms with Crippen molar-refractivity contribution in [3.05, 3.63) is 106 Å². The van der Waals surface area contributed by atoms with Gasteiger partial charge in [-0.15, -0.1) is 0 Å². The van der Waals surface area contributed by atoms with E-state index >= 15 is 0 Å². The fourth-order valence-corrected chi connectivity index (χ4v) is 4.70. The average molecular weight is 578 g/mol. The summed E-state index contributed by atoms with van der Waals surface area (Å²) < 4.78 is 35.4. The molecule has 1 amide bonds. The molecule has 0 unspecified atom stereocenters. The molecule has 0 aliphatic carbocycles. The van der Waals surface area contributed by atoms with Gasteiger partial charge in [-0.25, -0.2) is 28.5 Å². The molecule has 13 heteroatoms. The number of aromatic nitrogens is 2. The molecule has 5 rings (SSSR count). The molecule has 202 valence electrons. The van der Waals surface area contributed by atoms with Crippen LogP contribution in [0.15, 0.2) is 98.1 Å². The van der Waals surface area contributed by atoms with E-state index in [4.69, 9.17) is 25.9 Å². The molecule has 0 saturated heterocycles. The van der Waals surface area contributed by atoms with E-state index in [2.05, 4.69) is 15.6 Å². The molecule has 0 atom stereocenters. The Bertz CT molecular complexity index is 1950. The van der Waals surface area contributed by atoms with Gasteiger partial charge in [0.05, 0.1) is 40.2 Å². The number of hydrogen-bond donors (Lipinski definition) is 2. The van der Waals surface area contributed by atoms with Gasteiger partial charge < -0.3 is 9.15 Å². The van der Waals surface area contributed by atoms with Crippen LogP contribution in [0.25, 0.3) is 27.9 Å². The molecule has 0 bridgehead atoms. The molecule has 2 heterocycles. The first-order valence-electron chi connectivity index (χ1n) is 11.6.